The Kier molecular flexibility index (Phi) is 6.48. The van der Waals surface area contributed by atoms with Crippen molar-refractivity contribution in [2.45, 2.75) is 64.6 Å². The van der Waals surface area contributed by atoms with Crippen molar-refractivity contribution in [1.29, 1.82) is 0 Å². The first-order valence-electron chi connectivity index (χ1n) is 9.99. The number of aromatic nitrogens is 3. The normalized spacial score (nSPS) is 16.3. The van der Waals surface area contributed by atoms with Crippen LogP contribution in [0.2, 0.25) is 0 Å². The molecule has 0 aromatic carbocycles. The molecule has 27 heavy (non-hydrogen) atoms. The number of aryl methyl sites for hydroxylation is 1. The number of carbonyl (C=O) groups is 1. The number of urea groups is 1. The third kappa shape index (κ3) is 4.87. The molecule has 0 saturated heterocycles. The Bertz CT molecular complexity index is 721. The van der Waals surface area contributed by atoms with Crippen molar-refractivity contribution in [3.63, 3.8) is 0 Å². The molecule has 0 aliphatic heterocycles. The van der Waals surface area contributed by atoms with Gasteiger partial charge in [0, 0.05) is 44.4 Å². The average Bonchev–Trinajstić information content (AvgIpc) is 3.11. The molecule has 1 aliphatic rings. The molecule has 1 fully saturated rings. The molecule has 6 nitrogen and oxygen atoms in total. The summed E-state index contributed by atoms with van der Waals surface area (Å²) in [7, 11) is 1.97. The van der Waals surface area contributed by atoms with Crippen molar-refractivity contribution >= 4 is 6.03 Å². The SMILES string of the molecule is CC(C)C(NC(=O)N(Cc1cccnc1)C1CCCCC1)c1nccn1C. The second kappa shape index (κ2) is 9.02. The van der Waals surface area contributed by atoms with Crippen molar-refractivity contribution in [2.24, 2.45) is 13.0 Å². The number of pyridine rings is 1. The van der Waals surface area contributed by atoms with Crippen molar-refractivity contribution in [2.75, 3.05) is 0 Å². The predicted molar refractivity (Wildman–Crippen MR) is 106 cm³/mol. The van der Waals surface area contributed by atoms with E-state index in [-0.39, 0.29) is 24.0 Å². The molecule has 1 atom stereocenters. The van der Waals surface area contributed by atoms with E-state index in [1.807, 2.05) is 41.0 Å². The molecule has 146 valence electrons. The smallest absolute Gasteiger partial charge is 0.318 e. The van der Waals surface area contributed by atoms with Crippen LogP contribution in [0.4, 0.5) is 4.79 Å². The summed E-state index contributed by atoms with van der Waals surface area (Å²) in [6.07, 6.45) is 13.1. The second-order valence-electron chi connectivity index (χ2n) is 7.85. The summed E-state index contributed by atoms with van der Waals surface area (Å²) < 4.78 is 1.98. The molecule has 2 aromatic rings. The Balaban J connectivity index is 1.79. The number of hydrogen-bond donors (Lipinski definition) is 1. The molecule has 2 heterocycles. The van der Waals surface area contributed by atoms with Gasteiger partial charge < -0.3 is 14.8 Å². The zero-order valence-corrected chi connectivity index (χ0v) is 16.6. The summed E-state index contributed by atoms with van der Waals surface area (Å²) in [6.45, 7) is 4.83. The van der Waals surface area contributed by atoms with E-state index in [1.54, 1.807) is 12.4 Å². The van der Waals surface area contributed by atoms with Crippen molar-refractivity contribution in [1.82, 2.24) is 24.8 Å². The van der Waals surface area contributed by atoms with Crippen molar-refractivity contribution < 1.29 is 4.79 Å². The van der Waals surface area contributed by atoms with E-state index in [1.165, 1.54) is 19.3 Å². The van der Waals surface area contributed by atoms with Gasteiger partial charge in [-0.1, -0.05) is 39.2 Å². The number of imidazole rings is 1. The Hall–Kier alpha value is -2.37. The highest BCUT2D eigenvalue weighted by Gasteiger charge is 2.29. The van der Waals surface area contributed by atoms with Gasteiger partial charge in [0.05, 0.1) is 6.04 Å². The van der Waals surface area contributed by atoms with Crippen LogP contribution in [-0.4, -0.2) is 31.5 Å². The molecule has 0 bridgehead atoms. The first-order valence-corrected chi connectivity index (χ1v) is 9.99. The largest absolute Gasteiger partial charge is 0.336 e. The highest BCUT2D eigenvalue weighted by atomic mass is 16.2. The Labute approximate surface area is 162 Å². The molecular weight excluding hydrogens is 338 g/mol. The molecule has 1 unspecified atom stereocenters. The van der Waals surface area contributed by atoms with Gasteiger partial charge in [0.25, 0.3) is 0 Å². The Morgan fingerprint density at radius 2 is 2.07 bits per heavy atom. The summed E-state index contributed by atoms with van der Waals surface area (Å²) in [5.74, 6) is 1.14. The minimum atomic E-state index is -0.113. The van der Waals surface area contributed by atoms with Gasteiger partial charge in [0.1, 0.15) is 5.82 Å². The van der Waals surface area contributed by atoms with E-state index >= 15 is 0 Å². The molecule has 2 aromatic heterocycles. The standard InChI is InChI=1S/C21H31N5O/c1-16(2)19(20-23-12-13-25(20)3)24-21(27)26(18-9-5-4-6-10-18)15-17-8-7-11-22-14-17/h7-8,11-14,16,18-19H,4-6,9-10,15H2,1-3H3,(H,24,27). The van der Waals surface area contributed by atoms with Gasteiger partial charge in [-0.3, -0.25) is 4.98 Å². The molecule has 3 rings (SSSR count). The van der Waals surface area contributed by atoms with Crippen LogP contribution in [-0.2, 0) is 13.6 Å². The fourth-order valence-electron chi connectivity index (χ4n) is 3.87. The van der Waals surface area contributed by atoms with Crippen LogP contribution >= 0.6 is 0 Å². The monoisotopic (exact) mass is 369 g/mol. The van der Waals surface area contributed by atoms with Crippen LogP contribution in [0.15, 0.2) is 36.9 Å². The third-order valence-electron chi connectivity index (χ3n) is 5.43. The number of amides is 2. The maximum Gasteiger partial charge on any atom is 0.318 e. The fraction of sp³-hybridized carbons (Fsp3) is 0.571. The number of carbonyl (C=O) groups excluding carboxylic acids is 1. The zero-order chi connectivity index (χ0) is 19.2. The van der Waals surface area contributed by atoms with Gasteiger partial charge in [-0.15, -0.1) is 0 Å². The van der Waals surface area contributed by atoms with Crippen LogP contribution in [0, 0.1) is 5.92 Å². The summed E-state index contributed by atoms with van der Waals surface area (Å²) >= 11 is 0. The molecular formula is C21H31N5O. The lowest BCUT2D eigenvalue weighted by Gasteiger charge is -2.36. The first-order chi connectivity index (χ1) is 13.1. The maximum absolute atomic E-state index is 13.3. The van der Waals surface area contributed by atoms with Crippen LogP contribution in [0.3, 0.4) is 0 Å². The lowest BCUT2D eigenvalue weighted by atomic mass is 9.94. The van der Waals surface area contributed by atoms with E-state index in [0.717, 1.165) is 24.2 Å². The molecule has 1 N–H and O–H groups in total. The lowest BCUT2D eigenvalue weighted by Crippen LogP contribution is -2.48. The van der Waals surface area contributed by atoms with E-state index in [0.29, 0.717) is 6.54 Å². The lowest BCUT2D eigenvalue weighted by molar-refractivity contribution is 0.144. The molecule has 2 amide bonds. The minimum absolute atomic E-state index is 0.00699. The summed E-state index contributed by atoms with van der Waals surface area (Å²) in [5, 5.41) is 3.26. The average molecular weight is 370 g/mol. The molecule has 0 spiro atoms. The van der Waals surface area contributed by atoms with Gasteiger partial charge in [-0.25, -0.2) is 9.78 Å². The summed E-state index contributed by atoms with van der Waals surface area (Å²) in [5.41, 5.74) is 1.07. The van der Waals surface area contributed by atoms with Crippen molar-refractivity contribution in [3.8, 4) is 0 Å². The Morgan fingerprint density at radius 1 is 1.30 bits per heavy atom. The summed E-state index contributed by atoms with van der Waals surface area (Å²) in [4.78, 5) is 24.0. The number of rotatable bonds is 6. The van der Waals surface area contributed by atoms with Gasteiger partial charge >= 0.3 is 6.03 Å². The van der Waals surface area contributed by atoms with Gasteiger partial charge in [-0.05, 0) is 30.4 Å². The predicted octanol–water partition coefficient (Wildman–Crippen LogP) is 4.06. The van der Waals surface area contributed by atoms with E-state index in [2.05, 4.69) is 29.1 Å². The third-order valence-corrected chi connectivity index (χ3v) is 5.43. The second-order valence-corrected chi connectivity index (χ2v) is 7.85. The van der Waals surface area contributed by atoms with Crippen LogP contribution in [0.1, 0.15) is 63.4 Å². The first kappa shape index (κ1) is 19.4. The van der Waals surface area contributed by atoms with E-state index in [4.69, 9.17) is 0 Å². The van der Waals surface area contributed by atoms with Crippen LogP contribution in [0.25, 0.3) is 0 Å². The topological polar surface area (TPSA) is 63.1 Å². The van der Waals surface area contributed by atoms with Crippen molar-refractivity contribution in [3.05, 3.63) is 48.3 Å². The highest BCUT2D eigenvalue weighted by molar-refractivity contribution is 5.75. The van der Waals surface area contributed by atoms with Crippen LogP contribution in [0.5, 0.6) is 0 Å². The zero-order valence-electron chi connectivity index (χ0n) is 16.6. The number of hydrogen-bond acceptors (Lipinski definition) is 3. The van der Waals surface area contributed by atoms with Crippen LogP contribution < -0.4 is 5.32 Å². The minimum Gasteiger partial charge on any atom is -0.336 e. The molecule has 0 radical (unpaired) electrons. The van der Waals surface area contributed by atoms with Gasteiger partial charge in [-0.2, -0.15) is 0 Å². The van der Waals surface area contributed by atoms with Gasteiger partial charge in [0.2, 0.25) is 0 Å². The Morgan fingerprint density at radius 3 is 2.67 bits per heavy atom. The van der Waals surface area contributed by atoms with E-state index in [9.17, 15) is 4.79 Å². The molecule has 1 aliphatic carbocycles. The quantitative estimate of drug-likeness (QED) is 0.835. The van der Waals surface area contributed by atoms with E-state index < -0.39 is 0 Å². The maximum atomic E-state index is 13.3. The van der Waals surface area contributed by atoms with Gasteiger partial charge in [0.15, 0.2) is 0 Å². The number of nitrogens with zero attached hydrogens (tertiary/aromatic N) is 4. The molecule has 6 heteroatoms. The summed E-state index contributed by atoms with van der Waals surface area (Å²) in [6, 6.07) is 4.13. The number of nitrogens with one attached hydrogen (secondary N) is 1. The fourth-order valence-corrected chi connectivity index (χ4v) is 3.87. The molecule has 1 saturated carbocycles. The highest BCUT2D eigenvalue weighted by Crippen LogP contribution is 2.26.